The van der Waals surface area contributed by atoms with E-state index < -0.39 is 6.36 Å². The minimum atomic E-state index is -4.75. The molecule has 0 radical (unpaired) electrons. The highest BCUT2D eigenvalue weighted by Gasteiger charge is 2.33. The lowest BCUT2D eigenvalue weighted by Gasteiger charge is -2.22. The number of ether oxygens (including phenoxy) is 1. The largest absolute Gasteiger partial charge is 0.573 e. The van der Waals surface area contributed by atoms with Crippen molar-refractivity contribution in [1.82, 2.24) is 20.1 Å². The van der Waals surface area contributed by atoms with Gasteiger partial charge in [-0.1, -0.05) is 61.2 Å². The number of halogens is 3. The van der Waals surface area contributed by atoms with E-state index in [0.717, 1.165) is 34.4 Å². The molecule has 1 N–H and O–H groups in total. The van der Waals surface area contributed by atoms with Gasteiger partial charge in [-0.15, -0.1) is 18.3 Å². The van der Waals surface area contributed by atoms with Crippen LogP contribution >= 0.6 is 24.0 Å². The number of aryl methyl sites for hydroxylation is 2. The highest BCUT2D eigenvalue weighted by Crippen LogP contribution is 2.33. The van der Waals surface area contributed by atoms with Crippen LogP contribution in [0.5, 0.6) is 5.75 Å². The first kappa shape index (κ1) is 31.2. The van der Waals surface area contributed by atoms with Crippen LogP contribution in [0, 0.1) is 6.92 Å². The van der Waals surface area contributed by atoms with E-state index in [1.165, 1.54) is 47.0 Å². The topological polar surface area (TPSA) is 84.6 Å². The third-order valence-corrected chi connectivity index (χ3v) is 7.97. The Labute approximate surface area is 262 Å². The van der Waals surface area contributed by atoms with Gasteiger partial charge < -0.3 is 10.1 Å². The summed E-state index contributed by atoms with van der Waals surface area (Å²) in [7, 11) is 0. The van der Waals surface area contributed by atoms with Crippen LogP contribution in [-0.2, 0) is 17.6 Å². The van der Waals surface area contributed by atoms with E-state index in [4.69, 9.17) is 12.2 Å². The maximum Gasteiger partial charge on any atom is 0.573 e. The van der Waals surface area contributed by atoms with Crippen molar-refractivity contribution in [3.63, 3.8) is 0 Å². The molecule has 8 nitrogen and oxygen atoms in total. The van der Waals surface area contributed by atoms with Gasteiger partial charge >= 0.3 is 6.36 Å². The molecule has 2 heterocycles. The maximum atomic E-state index is 12.8. The molecule has 1 fully saturated rings. The van der Waals surface area contributed by atoms with Crippen molar-refractivity contribution in [2.75, 3.05) is 10.7 Å². The molecule has 1 aromatic heterocycles. The molecule has 3 aromatic carbocycles. The SMILES string of the molecule is CCc1cccc(C)c1N1C(=O)CSC1=NC(=S)NC(C)Cc1ccc(-c2ncn(-c3ccc(OC(F)(F)F)cc3)n2)cc1. The van der Waals surface area contributed by atoms with Crippen LogP contribution < -0.4 is 15.0 Å². The van der Waals surface area contributed by atoms with E-state index in [1.54, 1.807) is 4.90 Å². The summed E-state index contributed by atoms with van der Waals surface area (Å²) in [6.07, 6.45) is -1.78. The van der Waals surface area contributed by atoms with Crippen molar-refractivity contribution >= 4 is 45.9 Å². The molecule has 1 amide bonds. The number of anilines is 1. The summed E-state index contributed by atoms with van der Waals surface area (Å²) in [4.78, 5) is 23.5. The second kappa shape index (κ2) is 13.2. The number of carbonyl (C=O) groups excluding carboxylic acids is 1. The Morgan fingerprint density at radius 3 is 2.55 bits per heavy atom. The Morgan fingerprint density at radius 1 is 1.14 bits per heavy atom. The molecule has 13 heteroatoms. The van der Waals surface area contributed by atoms with Gasteiger partial charge in [0.05, 0.1) is 17.1 Å². The molecule has 228 valence electrons. The van der Waals surface area contributed by atoms with Gasteiger partial charge in [0.15, 0.2) is 16.1 Å². The smallest absolute Gasteiger partial charge is 0.406 e. The lowest BCUT2D eigenvalue weighted by Crippen LogP contribution is -2.35. The molecule has 0 saturated carbocycles. The van der Waals surface area contributed by atoms with E-state index in [9.17, 15) is 18.0 Å². The number of amides is 1. The molecule has 44 heavy (non-hydrogen) atoms. The zero-order valence-corrected chi connectivity index (χ0v) is 25.8. The number of thiocarbonyl (C=S) groups is 1. The fourth-order valence-electron chi connectivity index (χ4n) is 4.83. The highest BCUT2D eigenvalue weighted by molar-refractivity contribution is 8.15. The summed E-state index contributed by atoms with van der Waals surface area (Å²) in [5.74, 6) is 0.471. The van der Waals surface area contributed by atoms with Crippen LogP contribution in [0.1, 0.15) is 30.5 Å². The number of hydrogen-bond donors (Lipinski definition) is 1. The van der Waals surface area contributed by atoms with Crippen LogP contribution in [-0.4, -0.2) is 49.1 Å². The summed E-state index contributed by atoms with van der Waals surface area (Å²) in [6.45, 7) is 6.07. The summed E-state index contributed by atoms with van der Waals surface area (Å²) >= 11 is 6.93. The minimum Gasteiger partial charge on any atom is -0.406 e. The zero-order chi connectivity index (χ0) is 31.4. The molecule has 1 aliphatic heterocycles. The highest BCUT2D eigenvalue weighted by atomic mass is 32.2. The van der Waals surface area contributed by atoms with Crippen molar-refractivity contribution in [2.45, 2.75) is 46.0 Å². The molecule has 5 rings (SSSR count). The number of rotatable bonds is 8. The van der Waals surface area contributed by atoms with Gasteiger partial charge in [0, 0.05) is 11.6 Å². The molecule has 1 saturated heterocycles. The molecule has 4 aromatic rings. The third-order valence-electron chi connectivity index (χ3n) is 6.84. The number of thioether (sulfide) groups is 1. The monoisotopic (exact) mass is 638 g/mol. The van der Waals surface area contributed by atoms with Gasteiger partial charge in [0.25, 0.3) is 0 Å². The molecular formula is C31H29F3N6O2S2. The first-order valence-electron chi connectivity index (χ1n) is 13.8. The van der Waals surface area contributed by atoms with Gasteiger partial charge in [0.1, 0.15) is 12.1 Å². The molecule has 1 aliphatic rings. The van der Waals surface area contributed by atoms with E-state index in [0.29, 0.717) is 34.0 Å². The van der Waals surface area contributed by atoms with Crippen LogP contribution in [0.25, 0.3) is 17.1 Å². The number of nitrogens with one attached hydrogen (secondary N) is 1. The van der Waals surface area contributed by atoms with Crippen molar-refractivity contribution in [1.29, 1.82) is 0 Å². The molecular weight excluding hydrogens is 610 g/mol. The molecule has 0 bridgehead atoms. The Balaban J connectivity index is 1.20. The number of alkyl halides is 3. The van der Waals surface area contributed by atoms with Gasteiger partial charge in [-0.05, 0) is 79.9 Å². The molecule has 0 aliphatic carbocycles. The summed E-state index contributed by atoms with van der Waals surface area (Å²) in [5, 5.41) is 8.60. The van der Waals surface area contributed by atoms with Crippen LogP contribution in [0.15, 0.2) is 78.0 Å². The second-order valence-corrected chi connectivity index (χ2v) is 11.5. The predicted molar refractivity (Wildman–Crippen MR) is 170 cm³/mol. The Morgan fingerprint density at radius 2 is 1.86 bits per heavy atom. The average Bonchev–Trinajstić information content (AvgIpc) is 3.60. The number of aliphatic imine (C=N–C) groups is 1. The van der Waals surface area contributed by atoms with Gasteiger partial charge in [0.2, 0.25) is 5.91 Å². The lowest BCUT2D eigenvalue weighted by molar-refractivity contribution is -0.274. The summed E-state index contributed by atoms with van der Waals surface area (Å²) < 4.78 is 42.7. The van der Waals surface area contributed by atoms with Gasteiger partial charge in [-0.3, -0.25) is 9.69 Å². The van der Waals surface area contributed by atoms with Gasteiger partial charge in [-0.25, -0.2) is 9.67 Å². The number of amidine groups is 1. The normalized spacial score (nSPS) is 15.1. The standard InChI is InChI=1S/C31H29F3N6O2S2/c1-4-22-7-5-6-19(2)27(22)40-26(41)17-44-30(40)37-29(43)36-20(3)16-21-8-10-23(11-9-21)28-35-18-39(38-28)24-12-14-25(15-13-24)42-31(32,33)34/h5-15,18,20H,4,16-17H2,1-3H3,(H,36,43). The number of hydrogen-bond acceptors (Lipinski definition) is 6. The minimum absolute atomic E-state index is 0.0125. The van der Waals surface area contributed by atoms with Crippen molar-refractivity contribution in [3.8, 4) is 22.8 Å². The Hall–Kier alpha value is -4.23. The van der Waals surface area contributed by atoms with E-state index >= 15 is 0 Å². The summed E-state index contributed by atoms with van der Waals surface area (Å²) in [5.41, 5.74) is 5.37. The number of benzene rings is 3. The van der Waals surface area contributed by atoms with Crippen molar-refractivity contribution in [2.24, 2.45) is 4.99 Å². The Bertz CT molecular complexity index is 1690. The molecule has 0 spiro atoms. The molecule has 1 unspecified atom stereocenters. The average molecular weight is 639 g/mol. The number of para-hydroxylation sites is 1. The van der Waals surface area contributed by atoms with Crippen LogP contribution in [0.2, 0.25) is 0 Å². The lowest BCUT2D eigenvalue weighted by atomic mass is 10.0. The maximum absolute atomic E-state index is 12.8. The number of aromatic nitrogens is 3. The van der Waals surface area contributed by atoms with Crippen molar-refractivity contribution < 1.29 is 22.7 Å². The number of nitrogens with zero attached hydrogens (tertiary/aromatic N) is 5. The summed E-state index contributed by atoms with van der Waals surface area (Å²) in [6, 6.07) is 19.1. The zero-order valence-electron chi connectivity index (χ0n) is 24.1. The third kappa shape index (κ3) is 7.45. The number of carbonyl (C=O) groups is 1. The fourth-order valence-corrected chi connectivity index (χ4v) is 6.04. The van der Waals surface area contributed by atoms with E-state index in [-0.39, 0.29) is 17.7 Å². The van der Waals surface area contributed by atoms with Crippen LogP contribution in [0.4, 0.5) is 18.9 Å². The first-order valence-corrected chi connectivity index (χ1v) is 15.2. The molecule has 1 atom stereocenters. The van der Waals surface area contributed by atoms with Crippen LogP contribution in [0.3, 0.4) is 0 Å². The van der Waals surface area contributed by atoms with Crippen molar-refractivity contribution in [3.05, 3.63) is 89.7 Å². The second-order valence-electron chi connectivity index (χ2n) is 10.2. The quantitative estimate of drug-likeness (QED) is 0.217. The first-order chi connectivity index (χ1) is 21.0. The van der Waals surface area contributed by atoms with E-state index in [1.807, 2.05) is 56.3 Å². The van der Waals surface area contributed by atoms with E-state index in [2.05, 4.69) is 32.1 Å². The predicted octanol–water partition coefficient (Wildman–Crippen LogP) is 6.65. The van der Waals surface area contributed by atoms with Gasteiger partial charge in [-0.2, -0.15) is 4.99 Å². The Kier molecular flexibility index (Phi) is 9.35. The fraction of sp³-hybridized carbons (Fsp3) is 0.258.